The number of nitrogens with two attached hydrogens (primary N) is 1. The van der Waals surface area contributed by atoms with Gasteiger partial charge in [0, 0.05) is 36.7 Å². The van der Waals surface area contributed by atoms with Crippen molar-refractivity contribution in [1.29, 1.82) is 0 Å². The molecule has 0 aliphatic rings. The van der Waals surface area contributed by atoms with E-state index in [4.69, 9.17) is 5.73 Å². The molecule has 1 aromatic heterocycles. The lowest BCUT2D eigenvalue weighted by atomic mass is 10.2. The zero-order valence-corrected chi connectivity index (χ0v) is 12.3. The molecule has 2 rings (SSSR count). The predicted octanol–water partition coefficient (Wildman–Crippen LogP) is 1.37. The molecule has 1 atom stereocenters. The van der Waals surface area contributed by atoms with Crippen molar-refractivity contribution in [2.45, 2.75) is 19.4 Å². The van der Waals surface area contributed by atoms with Gasteiger partial charge in [-0.1, -0.05) is 6.07 Å². The van der Waals surface area contributed by atoms with E-state index in [1.54, 1.807) is 54.3 Å². The van der Waals surface area contributed by atoms with Crippen LogP contribution in [0.1, 0.15) is 19.4 Å². The SMILES string of the molecule is CC(C(=O)Nc1cccc(NC(=O)CCN)c1)n1cccn1. The van der Waals surface area contributed by atoms with Crippen LogP contribution in [0.5, 0.6) is 0 Å². The van der Waals surface area contributed by atoms with E-state index in [-0.39, 0.29) is 18.2 Å². The molecule has 0 spiro atoms. The number of nitrogens with zero attached hydrogens (tertiary/aromatic N) is 2. The fraction of sp³-hybridized carbons (Fsp3) is 0.267. The molecule has 0 aliphatic heterocycles. The number of benzene rings is 1. The molecule has 7 nitrogen and oxygen atoms in total. The number of anilines is 2. The molecule has 4 N–H and O–H groups in total. The van der Waals surface area contributed by atoms with Crippen LogP contribution in [0.4, 0.5) is 11.4 Å². The molecule has 7 heteroatoms. The van der Waals surface area contributed by atoms with Gasteiger partial charge >= 0.3 is 0 Å². The van der Waals surface area contributed by atoms with Gasteiger partial charge in [0.25, 0.3) is 0 Å². The third-order valence-electron chi connectivity index (χ3n) is 3.09. The van der Waals surface area contributed by atoms with E-state index >= 15 is 0 Å². The Balaban J connectivity index is 2.00. The highest BCUT2D eigenvalue weighted by molar-refractivity contribution is 5.95. The Morgan fingerprint density at radius 3 is 2.64 bits per heavy atom. The monoisotopic (exact) mass is 301 g/mol. The second kappa shape index (κ2) is 7.37. The van der Waals surface area contributed by atoms with Crippen molar-refractivity contribution in [2.24, 2.45) is 5.73 Å². The molecule has 0 bridgehead atoms. The lowest BCUT2D eigenvalue weighted by molar-refractivity contribution is -0.119. The Kier molecular flexibility index (Phi) is 5.26. The minimum Gasteiger partial charge on any atom is -0.330 e. The largest absolute Gasteiger partial charge is 0.330 e. The number of hydrogen-bond acceptors (Lipinski definition) is 4. The Bertz CT molecular complexity index is 639. The van der Waals surface area contributed by atoms with Crippen LogP contribution >= 0.6 is 0 Å². The van der Waals surface area contributed by atoms with Gasteiger partial charge in [0.2, 0.25) is 11.8 Å². The lowest BCUT2D eigenvalue weighted by Crippen LogP contribution is -2.24. The molecule has 2 amide bonds. The number of rotatable bonds is 6. The van der Waals surface area contributed by atoms with E-state index in [2.05, 4.69) is 15.7 Å². The average Bonchev–Trinajstić information content (AvgIpc) is 3.01. The first-order valence-electron chi connectivity index (χ1n) is 7.00. The summed E-state index contributed by atoms with van der Waals surface area (Å²) in [6.45, 7) is 2.05. The van der Waals surface area contributed by atoms with Gasteiger partial charge < -0.3 is 16.4 Å². The second-order valence-corrected chi connectivity index (χ2v) is 4.82. The summed E-state index contributed by atoms with van der Waals surface area (Å²) in [7, 11) is 0. The maximum Gasteiger partial charge on any atom is 0.248 e. The summed E-state index contributed by atoms with van der Waals surface area (Å²) in [5, 5.41) is 9.57. The van der Waals surface area contributed by atoms with E-state index in [1.165, 1.54) is 0 Å². The van der Waals surface area contributed by atoms with Crippen LogP contribution in [0.3, 0.4) is 0 Å². The summed E-state index contributed by atoms with van der Waals surface area (Å²) in [5.41, 5.74) is 6.55. The molecule has 116 valence electrons. The summed E-state index contributed by atoms with van der Waals surface area (Å²) >= 11 is 0. The van der Waals surface area contributed by atoms with Crippen LogP contribution in [-0.4, -0.2) is 28.1 Å². The van der Waals surface area contributed by atoms with Gasteiger partial charge in [-0.2, -0.15) is 5.10 Å². The van der Waals surface area contributed by atoms with E-state index in [1.807, 2.05) is 0 Å². The smallest absolute Gasteiger partial charge is 0.248 e. The summed E-state index contributed by atoms with van der Waals surface area (Å²) in [4.78, 5) is 23.7. The molecule has 0 radical (unpaired) electrons. The van der Waals surface area contributed by atoms with Crippen molar-refractivity contribution in [3.63, 3.8) is 0 Å². The molecule has 1 heterocycles. The zero-order valence-electron chi connectivity index (χ0n) is 12.3. The first-order valence-corrected chi connectivity index (χ1v) is 7.00. The van der Waals surface area contributed by atoms with Crippen molar-refractivity contribution in [3.8, 4) is 0 Å². The highest BCUT2D eigenvalue weighted by atomic mass is 16.2. The number of hydrogen-bond donors (Lipinski definition) is 3. The summed E-state index contributed by atoms with van der Waals surface area (Å²) in [6, 6.07) is 8.30. The maximum atomic E-state index is 12.2. The zero-order chi connectivity index (χ0) is 15.9. The molecule has 0 saturated heterocycles. The second-order valence-electron chi connectivity index (χ2n) is 4.82. The predicted molar refractivity (Wildman–Crippen MR) is 84.3 cm³/mol. The molecule has 0 fully saturated rings. The molecular weight excluding hydrogens is 282 g/mol. The normalized spacial score (nSPS) is 11.7. The van der Waals surface area contributed by atoms with E-state index < -0.39 is 6.04 Å². The lowest BCUT2D eigenvalue weighted by Gasteiger charge is -2.13. The van der Waals surface area contributed by atoms with Gasteiger partial charge in [0.05, 0.1) is 0 Å². The Morgan fingerprint density at radius 2 is 2.00 bits per heavy atom. The summed E-state index contributed by atoms with van der Waals surface area (Å²) in [5.74, 6) is -0.343. The highest BCUT2D eigenvalue weighted by Gasteiger charge is 2.15. The van der Waals surface area contributed by atoms with E-state index in [0.29, 0.717) is 17.9 Å². The Labute approximate surface area is 128 Å². The van der Waals surface area contributed by atoms with Crippen LogP contribution in [0.15, 0.2) is 42.7 Å². The van der Waals surface area contributed by atoms with Gasteiger partial charge in [0.1, 0.15) is 6.04 Å². The standard InChI is InChI=1S/C15H19N5O2/c1-11(20-9-3-8-17-20)15(22)19-13-5-2-4-12(10-13)18-14(21)6-7-16/h2-5,8-11H,6-7,16H2,1H3,(H,18,21)(H,19,22). The molecular formula is C15H19N5O2. The molecule has 22 heavy (non-hydrogen) atoms. The fourth-order valence-corrected chi connectivity index (χ4v) is 1.91. The highest BCUT2D eigenvalue weighted by Crippen LogP contribution is 2.17. The van der Waals surface area contributed by atoms with Gasteiger partial charge in [-0.25, -0.2) is 0 Å². The van der Waals surface area contributed by atoms with Crippen molar-refractivity contribution in [1.82, 2.24) is 9.78 Å². The van der Waals surface area contributed by atoms with Gasteiger partial charge in [-0.15, -0.1) is 0 Å². The van der Waals surface area contributed by atoms with Crippen molar-refractivity contribution in [3.05, 3.63) is 42.7 Å². The third-order valence-corrected chi connectivity index (χ3v) is 3.09. The molecule has 0 aliphatic carbocycles. The van der Waals surface area contributed by atoms with Crippen LogP contribution in [-0.2, 0) is 9.59 Å². The van der Waals surface area contributed by atoms with Crippen LogP contribution < -0.4 is 16.4 Å². The maximum absolute atomic E-state index is 12.2. The Hall–Kier alpha value is -2.67. The third kappa shape index (κ3) is 4.16. The average molecular weight is 301 g/mol. The minimum absolute atomic E-state index is 0.157. The number of amides is 2. The van der Waals surface area contributed by atoms with Crippen LogP contribution in [0.25, 0.3) is 0 Å². The van der Waals surface area contributed by atoms with Gasteiger partial charge in [-0.05, 0) is 31.2 Å². The molecule has 1 unspecified atom stereocenters. The molecule has 2 aromatic rings. The van der Waals surface area contributed by atoms with E-state index in [9.17, 15) is 9.59 Å². The summed E-state index contributed by atoms with van der Waals surface area (Å²) in [6.07, 6.45) is 3.61. The van der Waals surface area contributed by atoms with Crippen LogP contribution in [0, 0.1) is 0 Å². The van der Waals surface area contributed by atoms with Crippen molar-refractivity contribution in [2.75, 3.05) is 17.2 Å². The van der Waals surface area contributed by atoms with Gasteiger partial charge in [-0.3, -0.25) is 14.3 Å². The fourth-order valence-electron chi connectivity index (χ4n) is 1.91. The summed E-state index contributed by atoms with van der Waals surface area (Å²) < 4.78 is 1.57. The first-order chi connectivity index (χ1) is 10.6. The van der Waals surface area contributed by atoms with E-state index in [0.717, 1.165) is 0 Å². The topological polar surface area (TPSA) is 102 Å². The minimum atomic E-state index is -0.425. The van der Waals surface area contributed by atoms with Crippen molar-refractivity contribution < 1.29 is 9.59 Å². The van der Waals surface area contributed by atoms with Gasteiger partial charge in [0.15, 0.2) is 0 Å². The first kappa shape index (κ1) is 15.7. The number of carbonyl (C=O) groups is 2. The van der Waals surface area contributed by atoms with Crippen molar-refractivity contribution >= 4 is 23.2 Å². The quantitative estimate of drug-likeness (QED) is 0.750. The number of carbonyl (C=O) groups excluding carboxylic acids is 2. The molecule has 0 saturated carbocycles. The molecule has 1 aromatic carbocycles. The number of nitrogens with one attached hydrogen (secondary N) is 2. The van der Waals surface area contributed by atoms with Crippen LogP contribution in [0.2, 0.25) is 0 Å². The Morgan fingerprint density at radius 1 is 1.27 bits per heavy atom. The number of aromatic nitrogens is 2.